The zero-order valence-electron chi connectivity index (χ0n) is 15.9. The summed E-state index contributed by atoms with van der Waals surface area (Å²) < 4.78 is 6.65. The van der Waals surface area contributed by atoms with Crippen LogP contribution in [0.25, 0.3) is 5.69 Å². The average Bonchev–Trinajstić information content (AvgIpc) is 3.25. The number of aromatic nitrogens is 4. The molecule has 1 aromatic carbocycles. The third kappa shape index (κ3) is 4.74. The van der Waals surface area contributed by atoms with Crippen molar-refractivity contribution in [2.75, 3.05) is 24.7 Å². The number of nitrogens with zero attached hydrogens (tertiary/aromatic N) is 5. The lowest BCUT2D eigenvalue weighted by Gasteiger charge is -2.16. The van der Waals surface area contributed by atoms with Crippen LogP contribution < -0.4 is 0 Å². The van der Waals surface area contributed by atoms with Crippen LogP contribution >= 0.6 is 23.5 Å². The van der Waals surface area contributed by atoms with E-state index in [2.05, 4.69) is 15.5 Å². The highest BCUT2D eigenvalue weighted by Gasteiger charge is 2.27. The molecule has 1 fully saturated rings. The van der Waals surface area contributed by atoms with Gasteiger partial charge in [-0.2, -0.15) is 4.68 Å². The van der Waals surface area contributed by atoms with Crippen molar-refractivity contribution in [2.45, 2.75) is 25.9 Å². The molecule has 0 aliphatic carbocycles. The van der Waals surface area contributed by atoms with Gasteiger partial charge >= 0.3 is 5.97 Å². The van der Waals surface area contributed by atoms with Gasteiger partial charge in [-0.25, -0.2) is 4.79 Å². The van der Waals surface area contributed by atoms with Crippen LogP contribution in [-0.4, -0.2) is 61.6 Å². The van der Waals surface area contributed by atoms with Crippen molar-refractivity contribution >= 4 is 35.4 Å². The minimum Gasteiger partial charge on any atom is -0.463 e. The van der Waals surface area contributed by atoms with E-state index in [9.17, 15) is 9.59 Å². The van der Waals surface area contributed by atoms with Crippen LogP contribution in [0.3, 0.4) is 0 Å². The van der Waals surface area contributed by atoms with E-state index in [-0.39, 0.29) is 5.91 Å². The van der Waals surface area contributed by atoms with E-state index in [4.69, 9.17) is 4.74 Å². The lowest BCUT2D eigenvalue weighted by molar-refractivity contribution is -0.137. The highest BCUT2D eigenvalue weighted by molar-refractivity contribution is 8.04. The number of aryl methyl sites for hydroxylation is 2. The molecule has 2 heterocycles. The molecule has 0 unspecified atom stereocenters. The predicted octanol–water partition coefficient (Wildman–Crippen LogP) is 2.35. The molecule has 0 saturated carbocycles. The second kappa shape index (κ2) is 9.24. The standard InChI is InChI=1S/C18H21N5O3S2/c1-4-26-17(25)10-16-22(15(24)11-28-16)7-8-27-18-19-20-21-23(18)14-9-12(2)5-6-13(14)3/h5-6,9-10H,4,7-8,11H2,1-3H3/b16-10-. The number of ether oxygens (including phenoxy) is 1. The number of tetrazole rings is 1. The SMILES string of the molecule is CCOC(=O)/C=C1\SCC(=O)N1CCSc1nnnn1-c1cc(C)ccc1C. The summed E-state index contributed by atoms with van der Waals surface area (Å²) in [5, 5.41) is 13.3. The van der Waals surface area contributed by atoms with Crippen molar-refractivity contribution in [1.29, 1.82) is 0 Å². The van der Waals surface area contributed by atoms with Gasteiger partial charge < -0.3 is 9.64 Å². The van der Waals surface area contributed by atoms with Gasteiger partial charge in [0.05, 0.1) is 29.2 Å². The third-order valence-electron chi connectivity index (χ3n) is 4.02. The molecule has 8 nitrogen and oxygen atoms in total. The molecular formula is C18H21N5O3S2. The Kier molecular flexibility index (Phi) is 6.74. The molecule has 3 rings (SSSR count). The topological polar surface area (TPSA) is 90.2 Å². The Morgan fingerprint density at radius 2 is 2.21 bits per heavy atom. The fourth-order valence-corrected chi connectivity index (χ4v) is 4.41. The van der Waals surface area contributed by atoms with Crippen LogP contribution in [0.15, 0.2) is 34.5 Å². The van der Waals surface area contributed by atoms with Crippen molar-refractivity contribution in [3.8, 4) is 5.69 Å². The smallest absolute Gasteiger partial charge is 0.333 e. The third-order valence-corrected chi connectivity index (χ3v) is 5.94. The Bertz CT molecular complexity index is 912. The van der Waals surface area contributed by atoms with E-state index in [0.29, 0.717) is 34.8 Å². The number of hydrogen-bond donors (Lipinski definition) is 0. The first-order valence-corrected chi connectivity index (χ1v) is 10.8. The maximum Gasteiger partial charge on any atom is 0.333 e. The van der Waals surface area contributed by atoms with Gasteiger partial charge in [0.15, 0.2) is 0 Å². The Hall–Kier alpha value is -2.33. The van der Waals surface area contributed by atoms with Gasteiger partial charge in [0, 0.05) is 12.3 Å². The van der Waals surface area contributed by atoms with Crippen LogP contribution in [0, 0.1) is 13.8 Å². The average molecular weight is 420 g/mol. The molecule has 148 valence electrons. The van der Waals surface area contributed by atoms with Gasteiger partial charge in [-0.05, 0) is 48.4 Å². The number of hydrogen-bond acceptors (Lipinski definition) is 8. The first-order valence-electron chi connectivity index (χ1n) is 8.80. The van der Waals surface area contributed by atoms with Gasteiger partial charge in [-0.3, -0.25) is 4.79 Å². The summed E-state index contributed by atoms with van der Waals surface area (Å²) in [6.07, 6.45) is 1.38. The Morgan fingerprint density at radius 1 is 1.39 bits per heavy atom. The predicted molar refractivity (Wildman–Crippen MR) is 108 cm³/mol. The van der Waals surface area contributed by atoms with E-state index >= 15 is 0 Å². The molecule has 1 saturated heterocycles. The largest absolute Gasteiger partial charge is 0.463 e. The monoisotopic (exact) mass is 419 g/mol. The van der Waals surface area contributed by atoms with Crippen molar-refractivity contribution in [3.63, 3.8) is 0 Å². The molecule has 0 spiro atoms. The highest BCUT2D eigenvalue weighted by Crippen LogP contribution is 2.30. The first kappa shape index (κ1) is 20.4. The molecule has 0 atom stereocenters. The summed E-state index contributed by atoms with van der Waals surface area (Å²) in [5.74, 6) is 0.472. The Balaban J connectivity index is 1.67. The van der Waals surface area contributed by atoms with Gasteiger partial charge in [-0.1, -0.05) is 35.7 Å². The van der Waals surface area contributed by atoms with Gasteiger partial charge in [0.1, 0.15) is 0 Å². The second-order valence-corrected chi connectivity index (χ2v) is 8.14. The number of benzene rings is 1. The van der Waals surface area contributed by atoms with E-state index in [0.717, 1.165) is 16.8 Å². The van der Waals surface area contributed by atoms with Gasteiger partial charge in [0.2, 0.25) is 11.1 Å². The van der Waals surface area contributed by atoms with Crippen molar-refractivity contribution in [1.82, 2.24) is 25.1 Å². The fourth-order valence-electron chi connectivity index (χ4n) is 2.65. The summed E-state index contributed by atoms with van der Waals surface area (Å²) >= 11 is 2.81. The number of rotatable bonds is 7. The number of carbonyl (C=O) groups is 2. The zero-order chi connectivity index (χ0) is 20.1. The molecule has 0 N–H and O–H groups in total. The van der Waals surface area contributed by atoms with Gasteiger partial charge in [0.25, 0.3) is 0 Å². The number of esters is 1. The van der Waals surface area contributed by atoms with Crippen molar-refractivity contribution in [2.24, 2.45) is 0 Å². The molecule has 2 aromatic rings. The second-order valence-electron chi connectivity index (χ2n) is 6.08. The summed E-state index contributed by atoms with van der Waals surface area (Å²) in [6, 6.07) is 6.12. The molecule has 1 aliphatic rings. The minimum atomic E-state index is -0.434. The number of carbonyl (C=O) groups excluding carboxylic acids is 2. The maximum atomic E-state index is 12.1. The summed E-state index contributed by atoms with van der Waals surface area (Å²) in [6.45, 7) is 6.54. The molecule has 1 aromatic heterocycles. The van der Waals surface area contributed by atoms with Crippen LogP contribution in [0.2, 0.25) is 0 Å². The molecule has 0 bridgehead atoms. The highest BCUT2D eigenvalue weighted by atomic mass is 32.2. The Labute approximate surface area is 171 Å². The summed E-state index contributed by atoms with van der Waals surface area (Å²) in [5.41, 5.74) is 3.13. The van der Waals surface area contributed by atoms with E-state index in [1.54, 1.807) is 16.5 Å². The maximum absolute atomic E-state index is 12.1. The van der Waals surface area contributed by atoms with Crippen LogP contribution in [0.5, 0.6) is 0 Å². The zero-order valence-corrected chi connectivity index (χ0v) is 17.5. The van der Waals surface area contributed by atoms with Crippen LogP contribution in [0.4, 0.5) is 0 Å². The van der Waals surface area contributed by atoms with Crippen molar-refractivity contribution in [3.05, 3.63) is 40.4 Å². The van der Waals surface area contributed by atoms with E-state index < -0.39 is 5.97 Å². The molecule has 0 radical (unpaired) electrons. The first-order chi connectivity index (χ1) is 13.5. The number of thioether (sulfide) groups is 2. The molecule has 10 heteroatoms. The lowest BCUT2D eigenvalue weighted by Crippen LogP contribution is -2.27. The lowest BCUT2D eigenvalue weighted by atomic mass is 10.1. The van der Waals surface area contributed by atoms with Crippen LogP contribution in [0.1, 0.15) is 18.1 Å². The fraction of sp³-hybridized carbons (Fsp3) is 0.389. The molecule has 1 amide bonds. The van der Waals surface area contributed by atoms with E-state index in [1.807, 2.05) is 32.0 Å². The minimum absolute atomic E-state index is 0.0183. The summed E-state index contributed by atoms with van der Waals surface area (Å²) in [4.78, 5) is 25.4. The van der Waals surface area contributed by atoms with Crippen LogP contribution in [-0.2, 0) is 14.3 Å². The molecule has 28 heavy (non-hydrogen) atoms. The molecular weight excluding hydrogens is 398 g/mol. The Morgan fingerprint density at radius 3 is 3.00 bits per heavy atom. The van der Waals surface area contributed by atoms with E-state index in [1.165, 1.54) is 29.6 Å². The van der Waals surface area contributed by atoms with Gasteiger partial charge in [-0.15, -0.1) is 5.10 Å². The quantitative estimate of drug-likeness (QED) is 0.384. The number of amides is 1. The summed E-state index contributed by atoms with van der Waals surface area (Å²) in [7, 11) is 0. The molecule has 1 aliphatic heterocycles. The normalized spacial score (nSPS) is 15.5. The van der Waals surface area contributed by atoms with Crippen molar-refractivity contribution < 1.29 is 14.3 Å².